The molecule has 0 aliphatic carbocycles. The van der Waals surface area contributed by atoms with Gasteiger partial charge in [0.2, 0.25) is 5.95 Å². The molecule has 11 heteroatoms. The molecule has 0 radical (unpaired) electrons. The van der Waals surface area contributed by atoms with Gasteiger partial charge in [0.25, 0.3) is 17.7 Å². The third-order valence-corrected chi connectivity index (χ3v) is 6.41. The summed E-state index contributed by atoms with van der Waals surface area (Å²) in [6, 6.07) is 17.9. The highest BCUT2D eigenvalue weighted by molar-refractivity contribution is 6.12. The van der Waals surface area contributed by atoms with E-state index in [-0.39, 0.29) is 11.9 Å². The highest BCUT2D eigenvalue weighted by Gasteiger charge is 2.31. The van der Waals surface area contributed by atoms with Crippen molar-refractivity contribution in [2.24, 2.45) is 0 Å². The lowest BCUT2D eigenvalue weighted by Crippen LogP contribution is -2.52. The lowest BCUT2D eigenvalue weighted by molar-refractivity contribution is -0.121. The predicted molar refractivity (Wildman–Crippen MR) is 150 cm³/mol. The number of fused-ring (bicyclic) bond motifs is 1. The minimum atomic E-state index is -1.29. The summed E-state index contributed by atoms with van der Waals surface area (Å²) in [7, 11) is 1.52. The zero-order valence-corrected chi connectivity index (χ0v) is 22.4. The van der Waals surface area contributed by atoms with E-state index in [0.29, 0.717) is 39.0 Å². The summed E-state index contributed by atoms with van der Waals surface area (Å²) in [5.41, 5.74) is 1.82. The standard InChI is InChI=1S/C30H25FN6O4/c1-30(2,28(40)35-29-33-13-14-34-37-29)36-26(38)20-6-4-5-18(15-20)19-9-12-23-22(16-19)24(27(39)32-3)25(41-23)17-7-10-21(31)11-8-17/h4-16H,1-3H3,(H,32,39)(H,36,38)(H,33,35,37,40). The first-order valence-corrected chi connectivity index (χ1v) is 12.6. The summed E-state index contributed by atoms with van der Waals surface area (Å²) >= 11 is 0. The number of nitrogens with one attached hydrogen (secondary N) is 3. The van der Waals surface area contributed by atoms with E-state index in [1.165, 1.54) is 31.6 Å². The Bertz CT molecular complexity index is 1770. The second-order valence-electron chi connectivity index (χ2n) is 9.68. The first kappa shape index (κ1) is 27.1. The molecule has 0 atom stereocenters. The number of benzene rings is 3. The fraction of sp³-hybridized carbons (Fsp3) is 0.133. The topological polar surface area (TPSA) is 139 Å². The number of hydrogen-bond donors (Lipinski definition) is 3. The molecule has 0 bridgehead atoms. The SMILES string of the molecule is CNC(=O)c1c(-c2ccc(F)cc2)oc2ccc(-c3cccc(C(=O)NC(C)(C)C(=O)Nc4nccnn4)c3)cc12. The molecular weight excluding hydrogens is 527 g/mol. The van der Waals surface area contributed by atoms with Gasteiger partial charge in [-0.25, -0.2) is 9.37 Å². The van der Waals surface area contributed by atoms with Crippen molar-refractivity contribution in [1.82, 2.24) is 25.8 Å². The van der Waals surface area contributed by atoms with E-state index in [9.17, 15) is 18.8 Å². The number of hydrogen-bond acceptors (Lipinski definition) is 7. The van der Waals surface area contributed by atoms with E-state index in [0.717, 1.165) is 5.56 Å². The number of anilines is 1. The van der Waals surface area contributed by atoms with Gasteiger partial charge in [0.15, 0.2) is 0 Å². The number of amides is 3. The lowest BCUT2D eigenvalue weighted by Gasteiger charge is -2.24. The third-order valence-electron chi connectivity index (χ3n) is 6.41. The molecule has 206 valence electrons. The zero-order valence-electron chi connectivity index (χ0n) is 22.4. The Kier molecular flexibility index (Phi) is 7.26. The highest BCUT2D eigenvalue weighted by atomic mass is 19.1. The van der Waals surface area contributed by atoms with Crippen LogP contribution < -0.4 is 16.0 Å². The Morgan fingerprint density at radius 2 is 1.61 bits per heavy atom. The molecule has 0 aliphatic heterocycles. The number of nitrogens with zero attached hydrogens (tertiary/aromatic N) is 3. The van der Waals surface area contributed by atoms with Crippen molar-refractivity contribution in [2.45, 2.75) is 19.4 Å². The van der Waals surface area contributed by atoms with Gasteiger partial charge in [0.1, 0.15) is 22.7 Å². The van der Waals surface area contributed by atoms with Crippen LogP contribution in [0.4, 0.5) is 10.3 Å². The van der Waals surface area contributed by atoms with Crippen LogP contribution in [0.25, 0.3) is 33.4 Å². The maximum absolute atomic E-state index is 13.5. The van der Waals surface area contributed by atoms with Gasteiger partial charge in [-0.1, -0.05) is 18.2 Å². The molecule has 41 heavy (non-hydrogen) atoms. The molecule has 0 unspecified atom stereocenters. The Morgan fingerprint density at radius 3 is 2.32 bits per heavy atom. The molecule has 0 spiro atoms. The molecule has 2 heterocycles. The molecule has 5 aromatic rings. The van der Waals surface area contributed by atoms with Crippen molar-refractivity contribution in [3.8, 4) is 22.5 Å². The molecule has 0 saturated heterocycles. The van der Waals surface area contributed by atoms with Crippen LogP contribution in [0.3, 0.4) is 0 Å². The molecule has 3 amide bonds. The van der Waals surface area contributed by atoms with Gasteiger partial charge in [-0.2, -0.15) is 5.10 Å². The number of carbonyl (C=O) groups excluding carboxylic acids is 3. The summed E-state index contributed by atoms with van der Waals surface area (Å²) in [5.74, 6) is -1.39. The Morgan fingerprint density at radius 1 is 0.878 bits per heavy atom. The molecule has 5 rings (SSSR count). The number of halogens is 1. The second-order valence-corrected chi connectivity index (χ2v) is 9.68. The number of aromatic nitrogens is 3. The van der Waals surface area contributed by atoms with Crippen LogP contribution in [0.2, 0.25) is 0 Å². The van der Waals surface area contributed by atoms with E-state index in [1.54, 1.807) is 56.3 Å². The highest BCUT2D eigenvalue weighted by Crippen LogP contribution is 2.36. The quantitative estimate of drug-likeness (QED) is 0.268. The fourth-order valence-corrected chi connectivity index (χ4v) is 4.25. The molecule has 0 fully saturated rings. The van der Waals surface area contributed by atoms with E-state index in [4.69, 9.17) is 4.42 Å². The first-order chi connectivity index (χ1) is 19.7. The van der Waals surface area contributed by atoms with Gasteiger partial charge in [0, 0.05) is 23.6 Å². The monoisotopic (exact) mass is 552 g/mol. The van der Waals surface area contributed by atoms with Gasteiger partial charge >= 0.3 is 0 Å². The summed E-state index contributed by atoms with van der Waals surface area (Å²) in [6.45, 7) is 3.12. The van der Waals surface area contributed by atoms with E-state index < -0.39 is 23.2 Å². The van der Waals surface area contributed by atoms with Crippen molar-refractivity contribution in [2.75, 3.05) is 12.4 Å². The molecule has 0 saturated carbocycles. The van der Waals surface area contributed by atoms with Gasteiger partial charge < -0.3 is 15.1 Å². The fourth-order valence-electron chi connectivity index (χ4n) is 4.25. The van der Waals surface area contributed by atoms with Crippen LogP contribution in [-0.2, 0) is 4.79 Å². The van der Waals surface area contributed by atoms with Crippen molar-refractivity contribution >= 4 is 34.6 Å². The Hall–Kier alpha value is -5.45. The molecule has 2 aromatic heterocycles. The Balaban J connectivity index is 1.44. The van der Waals surface area contributed by atoms with Crippen molar-refractivity contribution < 1.29 is 23.2 Å². The lowest BCUT2D eigenvalue weighted by atomic mass is 9.98. The van der Waals surface area contributed by atoms with Crippen LogP contribution in [0.1, 0.15) is 34.6 Å². The summed E-state index contributed by atoms with van der Waals surface area (Å²) in [5, 5.41) is 15.9. The zero-order chi connectivity index (χ0) is 29.1. The van der Waals surface area contributed by atoms with Crippen LogP contribution in [0.5, 0.6) is 0 Å². The van der Waals surface area contributed by atoms with Gasteiger partial charge in [-0.3, -0.25) is 19.7 Å². The molecule has 3 aromatic carbocycles. The smallest absolute Gasteiger partial charge is 0.255 e. The van der Waals surface area contributed by atoms with Gasteiger partial charge in [-0.05, 0) is 73.5 Å². The minimum absolute atomic E-state index is 0.0233. The Labute approximate surface area is 234 Å². The molecular formula is C30H25FN6O4. The van der Waals surface area contributed by atoms with Crippen LogP contribution in [0, 0.1) is 5.82 Å². The van der Waals surface area contributed by atoms with Gasteiger partial charge in [0.05, 0.1) is 18.0 Å². The predicted octanol–water partition coefficient (Wildman–Crippen LogP) is 4.60. The average molecular weight is 553 g/mol. The third kappa shape index (κ3) is 5.64. The molecule has 3 N–H and O–H groups in total. The maximum Gasteiger partial charge on any atom is 0.255 e. The van der Waals surface area contributed by atoms with E-state index in [1.807, 2.05) is 12.1 Å². The van der Waals surface area contributed by atoms with Crippen molar-refractivity contribution in [3.05, 3.63) is 96.1 Å². The van der Waals surface area contributed by atoms with Crippen LogP contribution in [-0.4, -0.2) is 45.5 Å². The first-order valence-electron chi connectivity index (χ1n) is 12.6. The van der Waals surface area contributed by atoms with Crippen LogP contribution in [0.15, 0.2) is 83.5 Å². The summed E-state index contributed by atoms with van der Waals surface area (Å²) in [4.78, 5) is 42.7. The normalized spacial score (nSPS) is 11.2. The van der Waals surface area contributed by atoms with Crippen LogP contribution >= 0.6 is 0 Å². The van der Waals surface area contributed by atoms with E-state index in [2.05, 4.69) is 31.1 Å². The number of rotatable bonds is 7. The van der Waals surface area contributed by atoms with E-state index >= 15 is 0 Å². The molecule has 0 aliphatic rings. The van der Waals surface area contributed by atoms with Gasteiger partial charge in [-0.15, -0.1) is 5.10 Å². The largest absolute Gasteiger partial charge is 0.455 e. The maximum atomic E-state index is 13.5. The number of furan rings is 1. The minimum Gasteiger partial charge on any atom is -0.455 e. The molecule has 10 nitrogen and oxygen atoms in total. The van der Waals surface area contributed by atoms with Crippen molar-refractivity contribution in [3.63, 3.8) is 0 Å². The average Bonchev–Trinajstić information content (AvgIpc) is 3.36. The van der Waals surface area contributed by atoms with Crippen molar-refractivity contribution in [1.29, 1.82) is 0 Å². The summed E-state index contributed by atoms with van der Waals surface area (Å²) < 4.78 is 19.5. The second kappa shape index (κ2) is 11.0. The number of carbonyl (C=O) groups is 3. The summed E-state index contributed by atoms with van der Waals surface area (Å²) in [6.07, 6.45) is 2.77.